The van der Waals surface area contributed by atoms with Gasteiger partial charge in [-0.15, -0.1) is 0 Å². The predicted octanol–water partition coefficient (Wildman–Crippen LogP) is 0.538. The fourth-order valence-electron chi connectivity index (χ4n) is 3.08. The highest BCUT2D eigenvalue weighted by atomic mass is 16.5. The van der Waals surface area contributed by atoms with Gasteiger partial charge in [0.1, 0.15) is 6.04 Å². The van der Waals surface area contributed by atoms with Crippen molar-refractivity contribution in [3.05, 3.63) is 0 Å². The Morgan fingerprint density at radius 1 is 1.32 bits per heavy atom. The number of carbonyl (C=O) groups excluding carboxylic acids is 2. The van der Waals surface area contributed by atoms with Crippen LogP contribution in [0.15, 0.2) is 0 Å². The number of hydrogen-bond acceptors (Lipinski definition) is 3. The maximum atomic E-state index is 12.5. The Bertz CT molecular complexity index is 381. The van der Waals surface area contributed by atoms with E-state index in [1.807, 2.05) is 4.90 Å². The molecule has 2 heterocycles. The summed E-state index contributed by atoms with van der Waals surface area (Å²) >= 11 is 0. The standard InChI is InChI=1S/C14H22N2O3/c1-9-11(5-7-19-9)8-16-6-4-12(17)15-13(14(16)18)10-2-3-10/h9-11,13H,2-8H2,1H3,(H,15,17). The maximum Gasteiger partial charge on any atom is 0.245 e. The molecule has 1 saturated carbocycles. The summed E-state index contributed by atoms with van der Waals surface area (Å²) in [6, 6.07) is -0.271. The van der Waals surface area contributed by atoms with Crippen molar-refractivity contribution in [2.75, 3.05) is 19.7 Å². The van der Waals surface area contributed by atoms with Crippen LogP contribution in [0.5, 0.6) is 0 Å². The monoisotopic (exact) mass is 266 g/mol. The highest BCUT2D eigenvalue weighted by Crippen LogP contribution is 2.34. The number of nitrogens with one attached hydrogen (secondary N) is 1. The molecule has 2 aliphatic heterocycles. The van der Waals surface area contributed by atoms with Crippen molar-refractivity contribution in [2.45, 2.75) is 44.8 Å². The molecule has 106 valence electrons. The highest BCUT2D eigenvalue weighted by molar-refractivity contribution is 5.90. The number of ether oxygens (including phenoxy) is 1. The third kappa shape index (κ3) is 2.76. The molecule has 2 saturated heterocycles. The van der Waals surface area contributed by atoms with Crippen molar-refractivity contribution in [3.8, 4) is 0 Å². The summed E-state index contributed by atoms with van der Waals surface area (Å²) in [6.07, 6.45) is 3.79. The molecular formula is C14H22N2O3. The van der Waals surface area contributed by atoms with Gasteiger partial charge in [-0.2, -0.15) is 0 Å². The van der Waals surface area contributed by atoms with Gasteiger partial charge in [0, 0.05) is 32.0 Å². The van der Waals surface area contributed by atoms with Crippen LogP contribution in [0, 0.1) is 11.8 Å². The zero-order chi connectivity index (χ0) is 13.4. The Morgan fingerprint density at radius 3 is 2.74 bits per heavy atom. The minimum absolute atomic E-state index is 0.0171. The molecule has 3 unspecified atom stereocenters. The van der Waals surface area contributed by atoms with E-state index in [9.17, 15) is 9.59 Å². The molecular weight excluding hydrogens is 244 g/mol. The minimum Gasteiger partial charge on any atom is -0.378 e. The molecule has 3 aliphatic rings. The highest BCUT2D eigenvalue weighted by Gasteiger charge is 2.41. The van der Waals surface area contributed by atoms with Crippen LogP contribution in [-0.4, -0.2) is 48.6 Å². The summed E-state index contributed by atoms with van der Waals surface area (Å²) in [5, 5.41) is 2.90. The van der Waals surface area contributed by atoms with Crippen molar-refractivity contribution in [1.29, 1.82) is 0 Å². The second-order valence-electron chi connectivity index (χ2n) is 6.04. The van der Waals surface area contributed by atoms with Gasteiger partial charge in [0.05, 0.1) is 6.10 Å². The Balaban J connectivity index is 1.68. The van der Waals surface area contributed by atoms with E-state index in [0.717, 1.165) is 32.4 Å². The molecule has 1 N–H and O–H groups in total. The SMILES string of the molecule is CC1OCCC1CN1CCC(=O)NC(C2CC2)C1=O. The van der Waals surface area contributed by atoms with Gasteiger partial charge in [0.2, 0.25) is 11.8 Å². The lowest BCUT2D eigenvalue weighted by Crippen LogP contribution is -2.47. The van der Waals surface area contributed by atoms with Crippen molar-refractivity contribution >= 4 is 11.8 Å². The van der Waals surface area contributed by atoms with Crippen LogP contribution in [0.1, 0.15) is 32.6 Å². The third-order valence-electron chi connectivity index (χ3n) is 4.58. The van der Waals surface area contributed by atoms with Gasteiger partial charge in [-0.1, -0.05) is 0 Å². The summed E-state index contributed by atoms with van der Waals surface area (Å²) in [7, 11) is 0. The van der Waals surface area contributed by atoms with E-state index in [1.54, 1.807) is 0 Å². The van der Waals surface area contributed by atoms with Gasteiger partial charge >= 0.3 is 0 Å². The Kier molecular flexibility index (Phi) is 3.48. The topological polar surface area (TPSA) is 58.6 Å². The minimum atomic E-state index is -0.271. The van der Waals surface area contributed by atoms with Crippen molar-refractivity contribution in [3.63, 3.8) is 0 Å². The van der Waals surface area contributed by atoms with E-state index >= 15 is 0 Å². The van der Waals surface area contributed by atoms with Gasteiger partial charge in [-0.25, -0.2) is 0 Å². The molecule has 0 aromatic carbocycles. The normalized spacial score (nSPS) is 36.3. The molecule has 2 amide bonds. The van der Waals surface area contributed by atoms with Crippen LogP contribution in [0.3, 0.4) is 0 Å². The lowest BCUT2D eigenvalue weighted by molar-refractivity contribution is -0.134. The van der Waals surface area contributed by atoms with Gasteiger partial charge < -0.3 is 15.0 Å². The Morgan fingerprint density at radius 2 is 2.11 bits per heavy atom. The average molecular weight is 266 g/mol. The number of amides is 2. The number of hydrogen-bond donors (Lipinski definition) is 1. The van der Waals surface area contributed by atoms with Gasteiger partial charge in [0.15, 0.2) is 0 Å². The first-order chi connectivity index (χ1) is 9.15. The average Bonchev–Trinajstić information content (AvgIpc) is 3.15. The second kappa shape index (κ2) is 5.12. The van der Waals surface area contributed by atoms with E-state index in [1.165, 1.54) is 0 Å². The Labute approximate surface area is 113 Å². The largest absolute Gasteiger partial charge is 0.378 e. The molecule has 0 aromatic heterocycles. The molecule has 3 atom stereocenters. The molecule has 0 radical (unpaired) electrons. The predicted molar refractivity (Wildman–Crippen MR) is 69.4 cm³/mol. The van der Waals surface area contributed by atoms with Crippen LogP contribution in [0.4, 0.5) is 0 Å². The first-order valence-corrected chi connectivity index (χ1v) is 7.35. The maximum absolute atomic E-state index is 12.5. The Hall–Kier alpha value is -1.10. The van der Waals surface area contributed by atoms with E-state index < -0.39 is 0 Å². The zero-order valence-electron chi connectivity index (χ0n) is 11.4. The molecule has 19 heavy (non-hydrogen) atoms. The molecule has 0 spiro atoms. The van der Waals surface area contributed by atoms with Crippen molar-refractivity contribution in [2.24, 2.45) is 11.8 Å². The van der Waals surface area contributed by atoms with Gasteiger partial charge in [-0.05, 0) is 32.1 Å². The van der Waals surface area contributed by atoms with Crippen LogP contribution in [0.2, 0.25) is 0 Å². The fraction of sp³-hybridized carbons (Fsp3) is 0.857. The van der Waals surface area contributed by atoms with Gasteiger partial charge in [-0.3, -0.25) is 9.59 Å². The summed E-state index contributed by atoms with van der Waals surface area (Å²) in [4.78, 5) is 26.1. The first-order valence-electron chi connectivity index (χ1n) is 7.35. The van der Waals surface area contributed by atoms with E-state index in [0.29, 0.717) is 24.8 Å². The van der Waals surface area contributed by atoms with Crippen LogP contribution < -0.4 is 5.32 Å². The van der Waals surface area contributed by atoms with E-state index in [2.05, 4.69) is 12.2 Å². The summed E-state index contributed by atoms with van der Waals surface area (Å²) in [5.41, 5.74) is 0. The lowest BCUT2D eigenvalue weighted by atomic mass is 10.0. The van der Waals surface area contributed by atoms with E-state index in [4.69, 9.17) is 4.74 Å². The van der Waals surface area contributed by atoms with E-state index in [-0.39, 0.29) is 24.0 Å². The summed E-state index contributed by atoms with van der Waals surface area (Å²) < 4.78 is 5.56. The molecule has 3 fully saturated rings. The quantitative estimate of drug-likeness (QED) is 0.811. The van der Waals surface area contributed by atoms with Crippen LogP contribution in [0.25, 0.3) is 0 Å². The lowest BCUT2D eigenvalue weighted by Gasteiger charge is -2.27. The first kappa shape index (κ1) is 12.9. The molecule has 0 aromatic rings. The smallest absolute Gasteiger partial charge is 0.245 e. The molecule has 0 bridgehead atoms. The van der Waals surface area contributed by atoms with Crippen molar-refractivity contribution < 1.29 is 14.3 Å². The van der Waals surface area contributed by atoms with Gasteiger partial charge in [0.25, 0.3) is 0 Å². The number of carbonyl (C=O) groups is 2. The number of nitrogens with zero attached hydrogens (tertiary/aromatic N) is 1. The summed E-state index contributed by atoms with van der Waals surface area (Å²) in [6.45, 7) is 4.15. The fourth-order valence-corrected chi connectivity index (χ4v) is 3.08. The zero-order valence-corrected chi connectivity index (χ0v) is 11.4. The van der Waals surface area contributed by atoms with Crippen LogP contribution >= 0.6 is 0 Å². The third-order valence-corrected chi connectivity index (χ3v) is 4.58. The molecule has 5 nitrogen and oxygen atoms in total. The molecule has 1 aliphatic carbocycles. The summed E-state index contributed by atoms with van der Waals surface area (Å²) in [5.74, 6) is 0.919. The second-order valence-corrected chi connectivity index (χ2v) is 6.04. The molecule has 3 rings (SSSR count). The van der Waals surface area contributed by atoms with Crippen molar-refractivity contribution in [1.82, 2.24) is 10.2 Å². The number of rotatable bonds is 3. The van der Waals surface area contributed by atoms with Crippen LogP contribution in [-0.2, 0) is 14.3 Å². The molecule has 5 heteroatoms.